The van der Waals surface area contributed by atoms with Gasteiger partial charge in [0.05, 0.1) is 19.1 Å². The molecule has 0 saturated carbocycles. The van der Waals surface area contributed by atoms with E-state index >= 15 is 0 Å². The van der Waals surface area contributed by atoms with Crippen molar-refractivity contribution < 1.29 is 22.7 Å². The Labute approximate surface area is 197 Å². The average Bonchev–Trinajstić information content (AvgIpc) is 2.86. The SMILES string of the molecule is COc1ccc(CCCNC(=O)CCc2cc(S(=O)(=O)N3CCCCC3)ccc2OC)cc1. The quantitative estimate of drug-likeness (QED) is 0.504. The summed E-state index contributed by atoms with van der Waals surface area (Å²) in [6.07, 6.45) is 5.24. The molecule has 0 unspecified atom stereocenters. The third-order valence-corrected chi connectivity index (χ3v) is 7.84. The molecule has 0 bridgehead atoms. The monoisotopic (exact) mass is 474 g/mol. The molecule has 1 fully saturated rings. The molecule has 1 aliphatic rings. The molecule has 1 saturated heterocycles. The fourth-order valence-corrected chi connectivity index (χ4v) is 5.58. The number of sulfonamides is 1. The van der Waals surface area contributed by atoms with E-state index in [2.05, 4.69) is 5.32 Å². The van der Waals surface area contributed by atoms with Gasteiger partial charge in [0, 0.05) is 26.1 Å². The van der Waals surface area contributed by atoms with E-state index in [1.807, 2.05) is 24.3 Å². The Morgan fingerprint density at radius 3 is 2.36 bits per heavy atom. The minimum absolute atomic E-state index is 0.0592. The highest BCUT2D eigenvalue weighted by Gasteiger charge is 2.26. The van der Waals surface area contributed by atoms with Gasteiger partial charge in [-0.1, -0.05) is 18.6 Å². The molecule has 0 aliphatic carbocycles. The Bertz CT molecular complexity index is 1020. The molecular formula is C25H34N2O5S. The maximum absolute atomic E-state index is 13.0. The highest BCUT2D eigenvalue weighted by atomic mass is 32.2. The van der Waals surface area contributed by atoms with Gasteiger partial charge >= 0.3 is 0 Å². The van der Waals surface area contributed by atoms with Gasteiger partial charge < -0.3 is 14.8 Å². The van der Waals surface area contributed by atoms with E-state index in [1.165, 1.54) is 5.56 Å². The fraction of sp³-hybridized carbons (Fsp3) is 0.480. The molecular weight excluding hydrogens is 440 g/mol. The number of piperidine rings is 1. The van der Waals surface area contributed by atoms with Crippen LogP contribution in [0.25, 0.3) is 0 Å². The summed E-state index contributed by atoms with van der Waals surface area (Å²) in [5.74, 6) is 1.37. The first-order valence-electron chi connectivity index (χ1n) is 11.5. The number of hydrogen-bond acceptors (Lipinski definition) is 5. The molecule has 1 heterocycles. The second kappa shape index (κ2) is 12.0. The molecule has 2 aromatic carbocycles. The summed E-state index contributed by atoms with van der Waals surface area (Å²) in [7, 11) is -0.332. The van der Waals surface area contributed by atoms with Crippen molar-refractivity contribution in [2.45, 2.75) is 49.8 Å². The molecule has 0 aromatic heterocycles. The zero-order valence-corrected chi connectivity index (χ0v) is 20.3. The molecule has 3 rings (SSSR count). The zero-order valence-electron chi connectivity index (χ0n) is 19.5. The Morgan fingerprint density at radius 2 is 1.70 bits per heavy atom. The lowest BCUT2D eigenvalue weighted by Gasteiger charge is -2.26. The molecule has 0 radical (unpaired) electrons. The number of hydrogen-bond donors (Lipinski definition) is 1. The summed E-state index contributed by atoms with van der Waals surface area (Å²) in [5, 5.41) is 2.95. The molecule has 0 atom stereocenters. The number of nitrogens with one attached hydrogen (secondary N) is 1. The van der Waals surface area contributed by atoms with Gasteiger partial charge in [0.1, 0.15) is 11.5 Å². The first-order valence-corrected chi connectivity index (χ1v) is 12.9. The predicted octanol–water partition coefficient (Wildman–Crippen LogP) is 3.56. The molecule has 8 heteroatoms. The van der Waals surface area contributed by atoms with Gasteiger partial charge in [-0.05, 0) is 73.6 Å². The van der Waals surface area contributed by atoms with E-state index in [-0.39, 0.29) is 17.2 Å². The number of carbonyl (C=O) groups excluding carboxylic acids is 1. The second-order valence-electron chi connectivity index (χ2n) is 8.24. The van der Waals surface area contributed by atoms with Gasteiger partial charge in [-0.25, -0.2) is 8.42 Å². The normalized spacial score (nSPS) is 14.6. The topological polar surface area (TPSA) is 84.9 Å². The van der Waals surface area contributed by atoms with Crippen LogP contribution in [0.4, 0.5) is 0 Å². The van der Waals surface area contributed by atoms with E-state index in [9.17, 15) is 13.2 Å². The molecule has 1 amide bonds. The van der Waals surface area contributed by atoms with Crippen LogP contribution in [-0.4, -0.2) is 52.5 Å². The van der Waals surface area contributed by atoms with Crippen molar-refractivity contribution >= 4 is 15.9 Å². The van der Waals surface area contributed by atoms with E-state index in [0.29, 0.717) is 31.8 Å². The minimum Gasteiger partial charge on any atom is -0.497 e. The average molecular weight is 475 g/mol. The van der Waals surface area contributed by atoms with Crippen LogP contribution in [0.5, 0.6) is 11.5 Å². The highest BCUT2D eigenvalue weighted by Crippen LogP contribution is 2.27. The van der Waals surface area contributed by atoms with Crippen LogP contribution in [-0.2, 0) is 27.7 Å². The largest absolute Gasteiger partial charge is 0.497 e. The number of carbonyl (C=O) groups is 1. The van der Waals surface area contributed by atoms with Crippen molar-refractivity contribution in [1.82, 2.24) is 9.62 Å². The van der Waals surface area contributed by atoms with Gasteiger partial charge in [0.2, 0.25) is 15.9 Å². The lowest BCUT2D eigenvalue weighted by molar-refractivity contribution is -0.121. The molecule has 180 valence electrons. The van der Waals surface area contributed by atoms with Crippen molar-refractivity contribution in [3.05, 3.63) is 53.6 Å². The Hall–Kier alpha value is -2.58. The van der Waals surface area contributed by atoms with Crippen LogP contribution in [0.15, 0.2) is 47.4 Å². The van der Waals surface area contributed by atoms with Crippen LogP contribution in [0.2, 0.25) is 0 Å². The van der Waals surface area contributed by atoms with Crippen LogP contribution in [0.1, 0.15) is 43.2 Å². The smallest absolute Gasteiger partial charge is 0.243 e. The van der Waals surface area contributed by atoms with Gasteiger partial charge in [-0.15, -0.1) is 0 Å². The van der Waals surface area contributed by atoms with E-state index in [1.54, 1.807) is 36.7 Å². The first-order chi connectivity index (χ1) is 15.9. The van der Waals surface area contributed by atoms with Crippen LogP contribution in [0, 0.1) is 0 Å². The molecule has 7 nitrogen and oxygen atoms in total. The van der Waals surface area contributed by atoms with E-state index in [4.69, 9.17) is 9.47 Å². The second-order valence-corrected chi connectivity index (χ2v) is 10.2. The number of ether oxygens (including phenoxy) is 2. The Morgan fingerprint density at radius 1 is 0.970 bits per heavy atom. The lowest BCUT2D eigenvalue weighted by atomic mass is 10.1. The van der Waals surface area contributed by atoms with Gasteiger partial charge in [0.15, 0.2) is 0 Å². The minimum atomic E-state index is -3.53. The van der Waals surface area contributed by atoms with Crippen molar-refractivity contribution in [3.8, 4) is 11.5 Å². The van der Waals surface area contributed by atoms with Gasteiger partial charge in [0.25, 0.3) is 0 Å². The maximum atomic E-state index is 13.0. The molecule has 1 aliphatic heterocycles. The summed E-state index contributed by atoms with van der Waals surface area (Å²) in [6, 6.07) is 12.8. The summed E-state index contributed by atoms with van der Waals surface area (Å²) in [5.41, 5.74) is 1.92. The maximum Gasteiger partial charge on any atom is 0.243 e. The fourth-order valence-electron chi connectivity index (χ4n) is 4.01. The summed E-state index contributed by atoms with van der Waals surface area (Å²) in [6.45, 7) is 1.70. The van der Waals surface area contributed by atoms with Crippen LogP contribution >= 0.6 is 0 Å². The Balaban J connectivity index is 1.51. The highest BCUT2D eigenvalue weighted by molar-refractivity contribution is 7.89. The molecule has 2 aromatic rings. The number of rotatable bonds is 11. The summed E-state index contributed by atoms with van der Waals surface area (Å²) in [4.78, 5) is 12.6. The summed E-state index contributed by atoms with van der Waals surface area (Å²) >= 11 is 0. The van der Waals surface area contributed by atoms with Crippen LogP contribution in [0.3, 0.4) is 0 Å². The molecule has 33 heavy (non-hydrogen) atoms. The standard InChI is InChI=1S/C25H34N2O5S/c1-31-22-11-8-20(9-12-22)7-6-16-26-25(28)15-10-21-19-23(13-14-24(21)32-2)33(29,30)27-17-4-3-5-18-27/h8-9,11-14,19H,3-7,10,15-18H2,1-2H3,(H,26,28). The summed E-state index contributed by atoms with van der Waals surface area (Å²) < 4.78 is 38.1. The number of methoxy groups -OCH3 is 2. The van der Waals surface area contributed by atoms with Crippen molar-refractivity contribution in [3.63, 3.8) is 0 Å². The van der Waals surface area contributed by atoms with Crippen molar-refractivity contribution in [1.29, 1.82) is 0 Å². The van der Waals surface area contributed by atoms with Gasteiger partial charge in [-0.2, -0.15) is 4.31 Å². The van der Waals surface area contributed by atoms with E-state index in [0.717, 1.165) is 43.4 Å². The number of nitrogens with zero attached hydrogens (tertiary/aromatic N) is 1. The van der Waals surface area contributed by atoms with Gasteiger partial charge in [-0.3, -0.25) is 4.79 Å². The number of aryl methyl sites for hydroxylation is 2. The third-order valence-electron chi connectivity index (χ3n) is 5.95. The number of amides is 1. The molecule has 0 spiro atoms. The third kappa shape index (κ3) is 6.95. The van der Waals surface area contributed by atoms with Crippen molar-refractivity contribution in [2.75, 3.05) is 33.9 Å². The Kier molecular flexibility index (Phi) is 9.14. The first kappa shape index (κ1) is 25.1. The van der Waals surface area contributed by atoms with Crippen molar-refractivity contribution in [2.24, 2.45) is 0 Å². The van der Waals surface area contributed by atoms with Crippen LogP contribution < -0.4 is 14.8 Å². The zero-order chi connectivity index (χ0) is 23.7. The van der Waals surface area contributed by atoms with E-state index < -0.39 is 10.0 Å². The lowest BCUT2D eigenvalue weighted by Crippen LogP contribution is -2.35. The molecule has 1 N–H and O–H groups in total. The predicted molar refractivity (Wildman–Crippen MR) is 128 cm³/mol. The number of benzene rings is 2.